The van der Waals surface area contributed by atoms with Gasteiger partial charge in [-0.25, -0.2) is 0 Å². The molecule has 1 N–H and O–H groups in total. The van der Waals surface area contributed by atoms with E-state index in [0.717, 1.165) is 4.90 Å². The third-order valence-electron chi connectivity index (χ3n) is 2.66. The van der Waals surface area contributed by atoms with Crippen LogP contribution in [0.2, 0.25) is 0 Å². The van der Waals surface area contributed by atoms with Gasteiger partial charge in [0.25, 0.3) is 0 Å². The van der Waals surface area contributed by atoms with Crippen molar-refractivity contribution >= 4 is 17.5 Å². The number of benzene rings is 1. The summed E-state index contributed by atoms with van der Waals surface area (Å²) >= 11 is 1.51. The highest BCUT2D eigenvalue weighted by Crippen LogP contribution is 2.20. The number of thioether (sulfide) groups is 1. The second kappa shape index (κ2) is 9.13. The van der Waals surface area contributed by atoms with E-state index in [4.69, 9.17) is 9.47 Å². The van der Waals surface area contributed by atoms with Crippen molar-refractivity contribution in [2.45, 2.75) is 31.0 Å². The molecule has 0 aromatic heterocycles. The van der Waals surface area contributed by atoms with Crippen LogP contribution in [0.1, 0.15) is 24.2 Å². The quantitative estimate of drug-likeness (QED) is 0.560. The number of hydrogen-bond donors (Lipinski definition) is 1. The zero-order valence-corrected chi connectivity index (χ0v) is 13.0. The molecule has 5 heteroatoms. The van der Waals surface area contributed by atoms with Crippen molar-refractivity contribution in [2.75, 3.05) is 26.1 Å². The van der Waals surface area contributed by atoms with Crippen molar-refractivity contribution in [2.24, 2.45) is 0 Å². The largest absolute Gasteiger partial charge is 0.390 e. The highest BCUT2D eigenvalue weighted by Gasteiger charge is 2.09. The Kier molecular flexibility index (Phi) is 7.84. The molecule has 0 fully saturated rings. The van der Waals surface area contributed by atoms with Crippen molar-refractivity contribution in [3.63, 3.8) is 0 Å². The molecule has 0 saturated carbocycles. The van der Waals surface area contributed by atoms with E-state index in [1.165, 1.54) is 11.8 Å². The topological polar surface area (TPSA) is 55.8 Å². The lowest BCUT2D eigenvalue weighted by atomic mass is 10.2. The molecule has 1 rings (SSSR count). The average Bonchev–Trinajstić information content (AvgIpc) is 2.43. The predicted molar refractivity (Wildman–Crippen MR) is 80.5 cm³/mol. The molecule has 0 saturated heterocycles. The molecular weight excluding hydrogens is 276 g/mol. The van der Waals surface area contributed by atoms with Gasteiger partial charge in [0, 0.05) is 23.3 Å². The van der Waals surface area contributed by atoms with Gasteiger partial charge in [0.1, 0.15) is 0 Å². The summed E-state index contributed by atoms with van der Waals surface area (Å²) < 4.78 is 10.4. The Balaban J connectivity index is 2.35. The van der Waals surface area contributed by atoms with Gasteiger partial charge < -0.3 is 14.6 Å². The third kappa shape index (κ3) is 6.52. The maximum absolute atomic E-state index is 11.3. The van der Waals surface area contributed by atoms with Gasteiger partial charge in [-0.2, -0.15) is 0 Å². The predicted octanol–water partition coefficient (Wildman–Crippen LogP) is 2.39. The molecule has 0 heterocycles. The van der Waals surface area contributed by atoms with Gasteiger partial charge in [-0.15, -0.1) is 11.8 Å². The monoisotopic (exact) mass is 298 g/mol. The summed E-state index contributed by atoms with van der Waals surface area (Å²) in [7, 11) is 1.62. The standard InChI is InChI=1S/C15H22O4S/c1-11(8-18-3)19-9-14(17)10-20-15-6-4-5-13(7-15)12(2)16/h4-7,11,14,17H,8-10H2,1-3H3. The number of rotatable bonds is 9. The van der Waals surface area contributed by atoms with E-state index in [9.17, 15) is 9.90 Å². The summed E-state index contributed by atoms with van der Waals surface area (Å²) in [6.07, 6.45) is -0.569. The molecule has 112 valence electrons. The Labute approximate surface area is 124 Å². The Morgan fingerprint density at radius 2 is 2.15 bits per heavy atom. The Morgan fingerprint density at radius 3 is 2.80 bits per heavy atom. The number of ether oxygens (including phenoxy) is 2. The van der Waals surface area contributed by atoms with Gasteiger partial charge in [0.05, 0.1) is 25.4 Å². The van der Waals surface area contributed by atoms with Crippen LogP contribution < -0.4 is 0 Å². The first-order valence-electron chi connectivity index (χ1n) is 6.55. The van der Waals surface area contributed by atoms with E-state index in [1.54, 1.807) is 20.1 Å². The minimum atomic E-state index is -0.541. The maximum atomic E-state index is 11.3. The lowest BCUT2D eigenvalue weighted by Gasteiger charge is -2.15. The molecule has 0 aliphatic heterocycles. The molecule has 2 atom stereocenters. The number of ketones is 1. The number of hydrogen-bond acceptors (Lipinski definition) is 5. The number of carbonyl (C=O) groups excluding carboxylic acids is 1. The Hall–Kier alpha value is -0.880. The van der Waals surface area contributed by atoms with Gasteiger partial charge >= 0.3 is 0 Å². The van der Waals surface area contributed by atoms with E-state index < -0.39 is 6.10 Å². The third-order valence-corrected chi connectivity index (χ3v) is 3.80. The Morgan fingerprint density at radius 1 is 1.40 bits per heavy atom. The van der Waals surface area contributed by atoms with Crippen LogP contribution in [0, 0.1) is 0 Å². The molecule has 0 radical (unpaired) electrons. The van der Waals surface area contributed by atoms with Crippen molar-refractivity contribution in [1.82, 2.24) is 0 Å². The van der Waals surface area contributed by atoms with Crippen molar-refractivity contribution in [3.05, 3.63) is 29.8 Å². The molecule has 1 aromatic carbocycles. The van der Waals surface area contributed by atoms with Gasteiger partial charge in [-0.3, -0.25) is 4.79 Å². The fraction of sp³-hybridized carbons (Fsp3) is 0.533. The van der Waals surface area contributed by atoms with E-state index >= 15 is 0 Å². The highest BCUT2D eigenvalue weighted by atomic mass is 32.2. The minimum Gasteiger partial charge on any atom is -0.390 e. The number of aliphatic hydroxyl groups excluding tert-OH is 1. The zero-order chi connectivity index (χ0) is 15.0. The summed E-state index contributed by atoms with van der Waals surface area (Å²) in [5, 5.41) is 9.85. The number of carbonyl (C=O) groups is 1. The van der Waals surface area contributed by atoms with E-state index in [1.807, 2.05) is 25.1 Å². The summed E-state index contributed by atoms with van der Waals surface area (Å²) in [6, 6.07) is 7.41. The average molecular weight is 298 g/mol. The Bertz CT molecular complexity index is 422. The maximum Gasteiger partial charge on any atom is 0.159 e. The summed E-state index contributed by atoms with van der Waals surface area (Å²) in [5.74, 6) is 0.575. The van der Waals surface area contributed by atoms with Crippen molar-refractivity contribution in [1.29, 1.82) is 0 Å². The van der Waals surface area contributed by atoms with E-state index in [2.05, 4.69) is 0 Å². The highest BCUT2D eigenvalue weighted by molar-refractivity contribution is 7.99. The van der Waals surface area contributed by atoms with Crippen LogP contribution in [0.5, 0.6) is 0 Å². The minimum absolute atomic E-state index is 0.0271. The van der Waals surface area contributed by atoms with Crippen LogP contribution in [-0.2, 0) is 9.47 Å². The van der Waals surface area contributed by atoms with E-state index in [0.29, 0.717) is 17.9 Å². The van der Waals surface area contributed by atoms with Crippen LogP contribution in [0.3, 0.4) is 0 Å². The second-order valence-electron chi connectivity index (χ2n) is 4.65. The molecule has 0 amide bonds. The SMILES string of the molecule is COCC(C)OCC(O)CSc1cccc(C(C)=O)c1. The van der Waals surface area contributed by atoms with Crippen LogP contribution >= 0.6 is 11.8 Å². The lowest BCUT2D eigenvalue weighted by Crippen LogP contribution is -2.24. The second-order valence-corrected chi connectivity index (χ2v) is 5.74. The smallest absolute Gasteiger partial charge is 0.159 e. The van der Waals surface area contributed by atoms with Gasteiger partial charge in [-0.05, 0) is 26.0 Å². The number of Topliss-reactive ketones (excluding diaryl/α,β-unsaturated/α-hetero) is 1. The van der Waals surface area contributed by atoms with Gasteiger partial charge in [0.15, 0.2) is 5.78 Å². The first-order chi connectivity index (χ1) is 9.52. The summed E-state index contributed by atoms with van der Waals surface area (Å²) in [5.41, 5.74) is 0.689. The summed E-state index contributed by atoms with van der Waals surface area (Å²) in [6.45, 7) is 4.24. The number of methoxy groups -OCH3 is 1. The first kappa shape index (κ1) is 17.2. The molecule has 0 bridgehead atoms. The number of aliphatic hydroxyl groups is 1. The molecule has 0 aliphatic rings. The van der Waals surface area contributed by atoms with Crippen LogP contribution in [0.25, 0.3) is 0 Å². The first-order valence-corrected chi connectivity index (χ1v) is 7.54. The van der Waals surface area contributed by atoms with Crippen LogP contribution in [0.15, 0.2) is 29.2 Å². The van der Waals surface area contributed by atoms with Crippen LogP contribution in [-0.4, -0.2) is 49.2 Å². The molecule has 0 spiro atoms. The van der Waals surface area contributed by atoms with Crippen LogP contribution in [0.4, 0.5) is 0 Å². The molecule has 20 heavy (non-hydrogen) atoms. The fourth-order valence-corrected chi connectivity index (χ4v) is 2.47. The lowest BCUT2D eigenvalue weighted by molar-refractivity contribution is -0.0257. The van der Waals surface area contributed by atoms with Crippen molar-refractivity contribution < 1.29 is 19.4 Å². The molecule has 1 aromatic rings. The molecule has 0 aliphatic carbocycles. The van der Waals surface area contributed by atoms with E-state index in [-0.39, 0.29) is 18.5 Å². The zero-order valence-electron chi connectivity index (χ0n) is 12.2. The summed E-state index contributed by atoms with van der Waals surface area (Å²) in [4.78, 5) is 12.3. The van der Waals surface area contributed by atoms with Gasteiger partial charge in [0.2, 0.25) is 0 Å². The molecule has 2 unspecified atom stereocenters. The van der Waals surface area contributed by atoms with Gasteiger partial charge in [-0.1, -0.05) is 12.1 Å². The molecular formula is C15H22O4S. The van der Waals surface area contributed by atoms with Crippen molar-refractivity contribution in [3.8, 4) is 0 Å². The molecule has 4 nitrogen and oxygen atoms in total. The fourth-order valence-electron chi connectivity index (χ4n) is 1.60. The normalized spacial score (nSPS) is 14.0.